The first-order valence-corrected chi connectivity index (χ1v) is 5.03. The lowest BCUT2D eigenvalue weighted by Gasteiger charge is -2.07. The lowest BCUT2D eigenvalue weighted by molar-refractivity contribution is -0.134. The van der Waals surface area contributed by atoms with Crippen molar-refractivity contribution in [1.82, 2.24) is 0 Å². The maximum Gasteiger partial charge on any atom is 0.425 e. The predicted octanol–water partition coefficient (Wildman–Crippen LogP) is 3.29. The third-order valence-corrected chi connectivity index (χ3v) is 3.45. The molecule has 2 rings (SSSR count). The Hall–Kier alpha value is -0.840. The second kappa shape index (κ2) is 3.08. The van der Waals surface area contributed by atoms with Crippen molar-refractivity contribution < 1.29 is 18.0 Å². The van der Waals surface area contributed by atoms with Gasteiger partial charge in [-0.1, -0.05) is 0 Å². The standard InChI is InChI=1S/C9H7F3OS/c10-9(11,12)7-4-5-2-1-3-6(13)8(5)14-7/h4H,1-3H2. The monoisotopic (exact) mass is 220 g/mol. The number of carbonyl (C=O) groups excluding carboxylic acids is 1. The highest BCUT2D eigenvalue weighted by atomic mass is 32.1. The Morgan fingerprint density at radius 2 is 2.00 bits per heavy atom. The molecule has 1 aliphatic carbocycles. The molecule has 1 aromatic rings. The van der Waals surface area contributed by atoms with Crippen molar-refractivity contribution in [3.8, 4) is 0 Å². The normalized spacial score (nSPS) is 16.9. The molecule has 0 aliphatic heterocycles. The van der Waals surface area contributed by atoms with Crippen molar-refractivity contribution in [2.75, 3.05) is 0 Å². The molecule has 0 N–H and O–H groups in total. The number of thiophene rings is 1. The second-order valence-corrected chi connectivity index (χ2v) is 4.29. The van der Waals surface area contributed by atoms with Crippen LogP contribution < -0.4 is 0 Å². The number of aryl methyl sites for hydroxylation is 1. The summed E-state index contributed by atoms with van der Waals surface area (Å²) in [6.45, 7) is 0. The fraction of sp³-hybridized carbons (Fsp3) is 0.444. The molecule has 0 bridgehead atoms. The van der Waals surface area contributed by atoms with E-state index in [1.165, 1.54) is 0 Å². The molecule has 1 nitrogen and oxygen atoms in total. The van der Waals surface area contributed by atoms with Gasteiger partial charge in [0.2, 0.25) is 0 Å². The van der Waals surface area contributed by atoms with Crippen molar-refractivity contribution in [3.63, 3.8) is 0 Å². The van der Waals surface area contributed by atoms with Gasteiger partial charge in [-0.05, 0) is 24.5 Å². The number of rotatable bonds is 0. The Kier molecular flexibility index (Phi) is 2.14. The van der Waals surface area contributed by atoms with Crippen LogP contribution in [0.1, 0.15) is 33.0 Å². The van der Waals surface area contributed by atoms with Gasteiger partial charge >= 0.3 is 6.18 Å². The highest BCUT2D eigenvalue weighted by molar-refractivity contribution is 7.14. The number of ketones is 1. The van der Waals surface area contributed by atoms with E-state index in [1.807, 2.05) is 0 Å². The summed E-state index contributed by atoms with van der Waals surface area (Å²) in [6, 6.07) is 1.11. The summed E-state index contributed by atoms with van der Waals surface area (Å²) in [5, 5.41) is 0. The van der Waals surface area contributed by atoms with Gasteiger partial charge in [0.25, 0.3) is 0 Å². The van der Waals surface area contributed by atoms with Crippen LogP contribution in [0.2, 0.25) is 0 Å². The first-order valence-electron chi connectivity index (χ1n) is 4.21. The smallest absolute Gasteiger partial charge is 0.293 e. The van der Waals surface area contributed by atoms with E-state index in [-0.39, 0.29) is 5.78 Å². The topological polar surface area (TPSA) is 17.1 Å². The van der Waals surface area contributed by atoms with Crippen LogP contribution in [0, 0.1) is 0 Å². The molecule has 76 valence electrons. The van der Waals surface area contributed by atoms with Crippen molar-refractivity contribution >= 4 is 17.1 Å². The molecule has 0 unspecified atom stereocenters. The minimum absolute atomic E-state index is 0.147. The van der Waals surface area contributed by atoms with Gasteiger partial charge in [-0.25, -0.2) is 0 Å². The van der Waals surface area contributed by atoms with E-state index >= 15 is 0 Å². The van der Waals surface area contributed by atoms with E-state index in [0.717, 1.165) is 6.07 Å². The van der Waals surface area contributed by atoms with Crippen LogP contribution in [-0.4, -0.2) is 5.78 Å². The Morgan fingerprint density at radius 3 is 2.57 bits per heavy atom. The van der Waals surface area contributed by atoms with Crippen molar-refractivity contribution in [2.24, 2.45) is 0 Å². The first kappa shape index (κ1) is 9.71. The minimum Gasteiger partial charge on any atom is -0.293 e. The zero-order valence-electron chi connectivity index (χ0n) is 7.15. The molecule has 5 heteroatoms. The van der Waals surface area contributed by atoms with Crippen LogP contribution >= 0.6 is 11.3 Å². The van der Waals surface area contributed by atoms with Crippen LogP contribution in [0.3, 0.4) is 0 Å². The van der Waals surface area contributed by atoms with E-state index in [2.05, 4.69) is 0 Å². The maximum atomic E-state index is 12.3. The number of Topliss-reactive ketones (excluding diaryl/α,β-unsaturated/α-hetero) is 1. The molecule has 0 atom stereocenters. The summed E-state index contributed by atoms with van der Waals surface area (Å²) in [5.41, 5.74) is 0.568. The fourth-order valence-electron chi connectivity index (χ4n) is 1.54. The van der Waals surface area contributed by atoms with Crippen LogP contribution in [0.5, 0.6) is 0 Å². The summed E-state index contributed by atoms with van der Waals surface area (Å²) in [7, 11) is 0. The van der Waals surface area contributed by atoms with Gasteiger partial charge in [-0.2, -0.15) is 13.2 Å². The SMILES string of the molecule is O=C1CCCc2cc(C(F)(F)F)sc21. The number of fused-ring (bicyclic) bond motifs is 1. The number of hydrogen-bond donors (Lipinski definition) is 0. The molecular weight excluding hydrogens is 213 g/mol. The van der Waals surface area contributed by atoms with Crippen LogP contribution in [0.15, 0.2) is 6.07 Å². The molecule has 0 saturated heterocycles. The quantitative estimate of drug-likeness (QED) is 0.655. The molecule has 1 aliphatic rings. The minimum atomic E-state index is -4.32. The number of carbonyl (C=O) groups is 1. The largest absolute Gasteiger partial charge is 0.425 e. The number of alkyl halides is 3. The summed E-state index contributed by atoms with van der Waals surface area (Å²) >= 11 is 0.576. The lowest BCUT2D eigenvalue weighted by atomic mass is 9.98. The maximum absolute atomic E-state index is 12.3. The van der Waals surface area contributed by atoms with E-state index in [4.69, 9.17) is 0 Å². The summed E-state index contributed by atoms with van der Waals surface area (Å²) in [6.07, 6.45) is -2.68. The Labute approximate surface area is 82.5 Å². The Morgan fingerprint density at radius 1 is 1.29 bits per heavy atom. The van der Waals surface area contributed by atoms with Crippen LogP contribution in [0.4, 0.5) is 13.2 Å². The lowest BCUT2D eigenvalue weighted by Crippen LogP contribution is -2.06. The van der Waals surface area contributed by atoms with Gasteiger partial charge in [-0.3, -0.25) is 4.79 Å². The molecule has 0 fully saturated rings. The molecule has 0 spiro atoms. The molecule has 1 aromatic heterocycles. The number of hydrogen-bond acceptors (Lipinski definition) is 2. The third kappa shape index (κ3) is 1.56. The molecule has 0 aromatic carbocycles. The average molecular weight is 220 g/mol. The van der Waals surface area contributed by atoms with Gasteiger partial charge in [0, 0.05) is 6.42 Å². The second-order valence-electron chi connectivity index (χ2n) is 3.24. The average Bonchev–Trinajstić information content (AvgIpc) is 2.48. The van der Waals surface area contributed by atoms with Crippen LogP contribution in [0.25, 0.3) is 0 Å². The zero-order chi connectivity index (χ0) is 10.3. The van der Waals surface area contributed by atoms with Crippen molar-refractivity contribution in [1.29, 1.82) is 0 Å². The van der Waals surface area contributed by atoms with Crippen molar-refractivity contribution in [3.05, 3.63) is 21.4 Å². The fourth-order valence-corrected chi connectivity index (χ4v) is 2.59. The summed E-state index contributed by atoms with van der Waals surface area (Å²) in [4.78, 5) is 10.9. The van der Waals surface area contributed by atoms with Gasteiger partial charge in [0.05, 0.1) is 4.88 Å². The highest BCUT2D eigenvalue weighted by Gasteiger charge is 2.35. The molecular formula is C9H7F3OS. The van der Waals surface area contributed by atoms with E-state index < -0.39 is 11.1 Å². The highest BCUT2D eigenvalue weighted by Crippen LogP contribution is 2.39. The predicted molar refractivity (Wildman–Crippen MR) is 46.6 cm³/mol. The summed E-state index contributed by atoms with van der Waals surface area (Å²) < 4.78 is 36.9. The van der Waals surface area contributed by atoms with Gasteiger partial charge in [-0.15, -0.1) is 11.3 Å². The Bertz CT molecular complexity index is 378. The Balaban J connectivity index is 2.45. The van der Waals surface area contributed by atoms with Gasteiger partial charge in [0.1, 0.15) is 4.88 Å². The summed E-state index contributed by atoms with van der Waals surface area (Å²) in [5.74, 6) is -0.147. The third-order valence-electron chi connectivity index (χ3n) is 2.19. The number of halogens is 3. The first-order chi connectivity index (χ1) is 6.48. The molecule has 1 heterocycles. The van der Waals surface area contributed by atoms with Crippen LogP contribution in [-0.2, 0) is 12.6 Å². The zero-order valence-corrected chi connectivity index (χ0v) is 7.97. The van der Waals surface area contributed by atoms with Crippen molar-refractivity contribution in [2.45, 2.75) is 25.4 Å². The van der Waals surface area contributed by atoms with Gasteiger partial charge < -0.3 is 0 Å². The molecule has 0 saturated carbocycles. The van der Waals surface area contributed by atoms with E-state index in [9.17, 15) is 18.0 Å². The van der Waals surface area contributed by atoms with E-state index in [0.29, 0.717) is 41.0 Å². The van der Waals surface area contributed by atoms with E-state index in [1.54, 1.807) is 0 Å². The molecule has 0 radical (unpaired) electrons. The van der Waals surface area contributed by atoms with Gasteiger partial charge in [0.15, 0.2) is 5.78 Å². The molecule has 0 amide bonds. The molecule has 14 heavy (non-hydrogen) atoms.